The van der Waals surface area contributed by atoms with Crippen molar-refractivity contribution < 1.29 is 0 Å². The molecule has 2 aromatic heterocycles. The Hall–Kier alpha value is -4.82. The number of aromatic nitrogens is 2. The average Bonchev–Trinajstić information content (AvgIpc) is 3.48. The number of hydrogen-bond acceptors (Lipinski definition) is 0. The van der Waals surface area contributed by atoms with Crippen molar-refractivity contribution in [3.63, 3.8) is 0 Å². The van der Waals surface area contributed by atoms with Gasteiger partial charge in [0.25, 0.3) is 0 Å². The molecule has 0 bridgehead atoms. The van der Waals surface area contributed by atoms with Gasteiger partial charge in [-0.1, -0.05) is 91.5 Å². The molecule has 0 aliphatic rings. The summed E-state index contributed by atoms with van der Waals surface area (Å²) in [6.45, 7) is 10.5. The van der Waals surface area contributed by atoms with Crippen LogP contribution in [0.5, 0.6) is 0 Å². The summed E-state index contributed by atoms with van der Waals surface area (Å²) in [5, 5.41) is 3.76. The van der Waals surface area contributed by atoms with Gasteiger partial charge in [0.15, 0.2) is 0 Å². The lowest BCUT2D eigenvalue weighted by Gasteiger charge is -2.16. The standard InChI is InChI=1S/C37H32N2/c1-5-14-33(39-34(15-6-2)29(7-3)30-16-8-13-21-37(30)39)26(4)27-22-24-28(25-23-27)38-35-19-11-9-17-31(35)32-18-10-12-20-36(32)38/h5-25H,3H2,1-2,4H3/b14-5-,15-6-,33-26-. The summed E-state index contributed by atoms with van der Waals surface area (Å²) in [6, 6.07) is 34.8. The third-order valence-electron chi connectivity index (χ3n) is 7.57. The molecule has 6 aromatic rings. The van der Waals surface area contributed by atoms with E-state index in [9.17, 15) is 0 Å². The van der Waals surface area contributed by atoms with Gasteiger partial charge in [-0.2, -0.15) is 0 Å². The van der Waals surface area contributed by atoms with Gasteiger partial charge in [0.2, 0.25) is 0 Å². The first-order chi connectivity index (χ1) is 19.2. The van der Waals surface area contributed by atoms with Gasteiger partial charge in [-0.15, -0.1) is 0 Å². The van der Waals surface area contributed by atoms with Crippen molar-refractivity contribution in [3.8, 4) is 5.69 Å². The first-order valence-corrected chi connectivity index (χ1v) is 13.5. The third-order valence-corrected chi connectivity index (χ3v) is 7.57. The van der Waals surface area contributed by atoms with E-state index in [2.05, 4.69) is 158 Å². The van der Waals surface area contributed by atoms with Crippen LogP contribution in [0.1, 0.15) is 37.6 Å². The van der Waals surface area contributed by atoms with E-state index < -0.39 is 0 Å². The normalized spacial score (nSPS) is 12.8. The molecule has 6 rings (SSSR count). The van der Waals surface area contributed by atoms with Crippen LogP contribution in [0.2, 0.25) is 0 Å². The zero-order chi connectivity index (χ0) is 26.9. The van der Waals surface area contributed by atoms with E-state index in [1.165, 1.54) is 43.8 Å². The lowest BCUT2D eigenvalue weighted by atomic mass is 10.0. The van der Waals surface area contributed by atoms with Gasteiger partial charge in [-0.25, -0.2) is 0 Å². The molecule has 0 amide bonds. The molecule has 2 nitrogen and oxygen atoms in total. The van der Waals surface area contributed by atoms with Crippen LogP contribution in [-0.2, 0) is 0 Å². The number of benzene rings is 4. The highest BCUT2D eigenvalue weighted by Crippen LogP contribution is 2.36. The van der Waals surface area contributed by atoms with Gasteiger partial charge in [0.05, 0.1) is 22.2 Å². The topological polar surface area (TPSA) is 9.86 Å². The van der Waals surface area contributed by atoms with Crippen molar-refractivity contribution in [2.45, 2.75) is 20.8 Å². The summed E-state index contributed by atoms with van der Waals surface area (Å²) in [5.41, 5.74) is 10.6. The van der Waals surface area contributed by atoms with E-state index in [1.807, 2.05) is 6.08 Å². The Balaban J connectivity index is 1.54. The molecule has 0 spiro atoms. The summed E-state index contributed by atoms with van der Waals surface area (Å²) in [4.78, 5) is 0. The molecule has 4 aromatic carbocycles. The number of para-hydroxylation sites is 3. The molecular weight excluding hydrogens is 472 g/mol. The molecule has 0 fully saturated rings. The van der Waals surface area contributed by atoms with Gasteiger partial charge in [-0.3, -0.25) is 0 Å². The van der Waals surface area contributed by atoms with Crippen molar-refractivity contribution in [3.05, 3.63) is 139 Å². The van der Waals surface area contributed by atoms with Gasteiger partial charge in [0, 0.05) is 33.1 Å². The van der Waals surface area contributed by atoms with Crippen LogP contribution in [-0.4, -0.2) is 9.13 Å². The maximum atomic E-state index is 4.14. The zero-order valence-electron chi connectivity index (χ0n) is 22.7. The fraction of sp³-hybridized carbons (Fsp3) is 0.0811. The van der Waals surface area contributed by atoms with Crippen LogP contribution >= 0.6 is 0 Å². The summed E-state index contributed by atoms with van der Waals surface area (Å²) in [5.74, 6) is 0. The molecule has 0 N–H and O–H groups in total. The second-order valence-corrected chi connectivity index (χ2v) is 9.78. The molecule has 0 atom stereocenters. The number of fused-ring (bicyclic) bond motifs is 4. The number of nitrogens with zero attached hydrogens (tertiary/aromatic N) is 2. The molecule has 0 aliphatic heterocycles. The largest absolute Gasteiger partial charge is 0.309 e. The predicted molar refractivity (Wildman–Crippen MR) is 171 cm³/mol. The Morgan fingerprint density at radius 1 is 0.667 bits per heavy atom. The molecular formula is C37H32N2. The predicted octanol–water partition coefficient (Wildman–Crippen LogP) is 10.4. The summed E-state index contributed by atoms with van der Waals surface area (Å²) < 4.78 is 4.73. The van der Waals surface area contributed by atoms with Crippen LogP contribution < -0.4 is 0 Å². The SMILES string of the molecule is C=Cc1c(/C=C\C)n(C(/C=C\C)=C(/C)c2ccc(-n3c4ccccc4c4ccccc43)cc2)c2ccccc12. The molecule has 2 heteroatoms. The number of rotatable bonds is 6. The Morgan fingerprint density at radius 3 is 1.79 bits per heavy atom. The molecule has 2 heterocycles. The van der Waals surface area contributed by atoms with E-state index >= 15 is 0 Å². The first kappa shape index (κ1) is 24.5. The molecule has 0 unspecified atom stereocenters. The average molecular weight is 505 g/mol. The van der Waals surface area contributed by atoms with Crippen molar-refractivity contribution in [1.29, 1.82) is 0 Å². The lowest BCUT2D eigenvalue weighted by Crippen LogP contribution is -2.01. The van der Waals surface area contributed by atoms with Gasteiger partial charge >= 0.3 is 0 Å². The molecule has 190 valence electrons. The molecule has 0 saturated carbocycles. The van der Waals surface area contributed by atoms with Crippen molar-refractivity contribution in [2.24, 2.45) is 0 Å². The highest BCUT2D eigenvalue weighted by Gasteiger charge is 2.17. The fourth-order valence-electron chi connectivity index (χ4n) is 5.82. The third kappa shape index (κ3) is 3.97. The maximum absolute atomic E-state index is 4.14. The monoisotopic (exact) mass is 504 g/mol. The van der Waals surface area contributed by atoms with Gasteiger partial charge in [-0.05, 0) is 74.4 Å². The van der Waals surface area contributed by atoms with Crippen molar-refractivity contribution >= 4 is 56.1 Å². The minimum atomic E-state index is 1.14. The highest BCUT2D eigenvalue weighted by atomic mass is 15.0. The van der Waals surface area contributed by atoms with E-state index in [0.717, 1.165) is 22.6 Å². The lowest BCUT2D eigenvalue weighted by molar-refractivity contribution is 1.15. The van der Waals surface area contributed by atoms with Crippen LogP contribution in [0.3, 0.4) is 0 Å². The Kier molecular flexibility index (Phi) is 6.38. The van der Waals surface area contributed by atoms with E-state index in [-0.39, 0.29) is 0 Å². The van der Waals surface area contributed by atoms with Crippen LogP contribution in [0.25, 0.3) is 61.8 Å². The Bertz CT molecular complexity index is 1880. The van der Waals surface area contributed by atoms with Crippen molar-refractivity contribution in [2.75, 3.05) is 0 Å². The zero-order valence-corrected chi connectivity index (χ0v) is 22.7. The van der Waals surface area contributed by atoms with Crippen LogP contribution in [0.4, 0.5) is 0 Å². The first-order valence-electron chi connectivity index (χ1n) is 13.5. The smallest absolute Gasteiger partial charge is 0.0541 e. The number of allylic oxidation sites excluding steroid dienone is 5. The Morgan fingerprint density at radius 2 is 1.23 bits per heavy atom. The minimum Gasteiger partial charge on any atom is -0.309 e. The van der Waals surface area contributed by atoms with Gasteiger partial charge in [0.1, 0.15) is 0 Å². The molecule has 39 heavy (non-hydrogen) atoms. The summed E-state index contributed by atoms with van der Waals surface area (Å²) >= 11 is 0. The van der Waals surface area contributed by atoms with Crippen LogP contribution in [0, 0.1) is 0 Å². The molecule has 0 aliphatic carbocycles. The quantitative estimate of drug-likeness (QED) is 0.200. The number of hydrogen-bond donors (Lipinski definition) is 0. The molecule has 0 saturated heterocycles. The van der Waals surface area contributed by atoms with Crippen LogP contribution in [0.15, 0.2) is 122 Å². The van der Waals surface area contributed by atoms with Crippen molar-refractivity contribution in [1.82, 2.24) is 9.13 Å². The minimum absolute atomic E-state index is 1.14. The Labute approximate surface area is 230 Å². The van der Waals surface area contributed by atoms with E-state index in [1.54, 1.807) is 0 Å². The molecule has 0 radical (unpaired) electrons. The second-order valence-electron chi connectivity index (χ2n) is 9.78. The van der Waals surface area contributed by atoms with E-state index in [0.29, 0.717) is 0 Å². The fourth-order valence-corrected chi connectivity index (χ4v) is 5.82. The summed E-state index contributed by atoms with van der Waals surface area (Å²) in [7, 11) is 0. The second kappa shape index (κ2) is 10.2. The van der Waals surface area contributed by atoms with E-state index in [4.69, 9.17) is 0 Å². The van der Waals surface area contributed by atoms with Gasteiger partial charge < -0.3 is 9.13 Å². The highest BCUT2D eigenvalue weighted by molar-refractivity contribution is 6.09. The summed E-state index contributed by atoms with van der Waals surface area (Å²) in [6.07, 6.45) is 10.6. The maximum Gasteiger partial charge on any atom is 0.0541 e.